The maximum absolute atomic E-state index is 12.9. The van der Waals surface area contributed by atoms with Gasteiger partial charge >= 0.3 is 0 Å². The summed E-state index contributed by atoms with van der Waals surface area (Å²) >= 11 is 5.31. The minimum absolute atomic E-state index is 0.0720. The van der Waals surface area contributed by atoms with E-state index < -0.39 is 0 Å². The van der Waals surface area contributed by atoms with Crippen molar-refractivity contribution in [3.05, 3.63) is 41.1 Å². The van der Waals surface area contributed by atoms with Gasteiger partial charge in [0.15, 0.2) is 4.77 Å². The highest BCUT2D eigenvalue weighted by Gasteiger charge is 2.09. The van der Waals surface area contributed by atoms with E-state index in [9.17, 15) is 9.50 Å². The van der Waals surface area contributed by atoms with Gasteiger partial charge in [0.25, 0.3) is 0 Å². The number of hydrogen-bond donors (Lipinski definition) is 1. The van der Waals surface area contributed by atoms with Crippen molar-refractivity contribution in [2.24, 2.45) is 0 Å². The SMILES string of the molecule is CCCCn1cc(O)n(-c2ccc(F)cc2)c1=S. The standard InChI is InChI=1S/C13H15FN2OS/c1-2-3-8-15-9-12(17)16(13(15)18)11-6-4-10(14)5-7-11/h4-7,9,17H,2-3,8H2,1H3. The van der Waals surface area contributed by atoms with Crippen molar-refractivity contribution in [1.82, 2.24) is 9.13 Å². The van der Waals surface area contributed by atoms with E-state index in [0.29, 0.717) is 10.5 Å². The van der Waals surface area contributed by atoms with Gasteiger partial charge in [-0.3, -0.25) is 4.57 Å². The van der Waals surface area contributed by atoms with Gasteiger partial charge in [-0.2, -0.15) is 0 Å². The predicted molar refractivity (Wildman–Crippen MR) is 71.1 cm³/mol. The topological polar surface area (TPSA) is 30.1 Å². The first-order valence-corrected chi connectivity index (χ1v) is 6.31. The van der Waals surface area contributed by atoms with Crippen LogP contribution in [0.2, 0.25) is 0 Å². The second kappa shape index (κ2) is 5.35. The second-order valence-corrected chi connectivity index (χ2v) is 4.49. The summed E-state index contributed by atoms with van der Waals surface area (Å²) in [7, 11) is 0. The molecule has 0 fully saturated rings. The Balaban J connectivity index is 2.42. The molecular formula is C13H15FN2OS. The zero-order valence-electron chi connectivity index (χ0n) is 10.1. The molecule has 0 saturated heterocycles. The lowest BCUT2D eigenvalue weighted by atomic mass is 10.3. The Labute approximate surface area is 110 Å². The molecule has 0 aliphatic rings. The summed E-state index contributed by atoms with van der Waals surface area (Å²) in [6, 6.07) is 5.88. The molecule has 0 saturated carbocycles. The van der Waals surface area contributed by atoms with Crippen LogP contribution in [0, 0.1) is 10.6 Å². The molecule has 3 nitrogen and oxygen atoms in total. The Morgan fingerprint density at radius 1 is 1.28 bits per heavy atom. The summed E-state index contributed by atoms with van der Waals surface area (Å²) in [4.78, 5) is 0. The van der Waals surface area contributed by atoms with Gasteiger partial charge in [-0.15, -0.1) is 0 Å². The largest absolute Gasteiger partial charge is 0.493 e. The summed E-state index contributed by atoms with van der Waals surface area (Å²) < 4.78 is 16.8. The molecule has 1 aromatic carbocycles. The number of aromatic nitrogens is 2. The normalized spacial score (nSPS) is 10.8. The maximum Gasteiger partial charge on any atom is 0.214 e. The number of aromatic hydroxyl groups is 1. The molecule has 0 unspecified atom stereocenters. The number of hydrogen-bond acceptors (Lipinski definition) is 2. The van der Waals surface area contributed by atoms with Crippen LogP contribution in [0.25, 0.3) is 5.69 Å². The van der Waals surface area contributed by atoms with Gasteiger partial charge in [0, 0.05) is 6.54 Å². The Morgan fingerprint density at radius 2 is 1.94 bits per heavy atom. The number of unbranched alkanes of at least 4 members (excludes halogenated alkanes) is 1. The molecule has 0 amide bonds. The molecule has 5 heteroatoms. The highest BCUT2D eigenvalue weighted by molar-refractivity contribution is 7.71. The third-order valence-corrected chi connectivity index (χ3v) is 3.19. The summed E-state index contributed by atoms with van der Waals surface area (Å²) in [6.07, 6.45) is 3.67. The van der Waals surface area contributed by atoms with E-state index in [-0.39, 0.29) is 11.7 Å². The van der Waals surface area contributed by atoms with Crippen LogP contribution in [0.15, 0.2) is 30.5 Å². The van der Waals surface area contributed by atoms with Crippen LogP contribution < -0.4 is 0 Å². The van der Waals surface area contributed by atoms with Crippen LogP contribution in [-0.2, 0) is 6.54 Å². The zero-order valence-corrected chi connectivity index (χ0v) is 11.0. The fourth-order valence-electron chi connectivity index (χ4n) is 1.80. The molecule has 0 aliphatic heterocycles. The van der Waals surface area contributed by atoms with Crippen molar-refractivity contribution < 1.29 is 9.50 Å². The molecule has 1 heterocycles. The van der Waals surface area contributed by atoms with Crippen LogP contribution in [0.5, 0.6) is 5.88 Å². The van der Waals surface area contributed by atoms with E-state index in [0.717, 1.165) is 19.4 Å². The van der Waals surface area contributed by atoms with Crippen molar-refractivity contribution in [3.63, 3.8) is 0 Å². The second-order valence-electron chi connectivity index (χ2n) is 4.13. The Morgan fingerprint density at radius 3 is 2.56 bits per heavy atom. The molecule has 0 bridgehead atoms. The molecule has 18 heavy (non-hydrogen) atoms. The quantitative estimate of drug-likeness (QED) is 0.856. The molecule has 0 radical (unpaired) electrons. The van der Waals surface area contributed by atoms with E-state index in [1.807, 2.05) is 4.57 Å². The molecule has 0 atom stereocenters. The van der Waals surface area contributed by atoms with Gasteiger partial charge < -0.3 is 9.67 Å². The first-order valence-electron chi connectivity index (χ1n) is 5.90. The Bertz CT molecular complexity index is 586. The number of imidazole rings is 1. The van der Waals surface area contributed by atoms with Crippen LogP contribution >= 0.6 is 12.2 Å². The monoisotopic (exact) mass is 266 g/mol. The average molecular weight is 266 g/mol. The number of aryl methyl sites for hydroxylation is 1. The van der Waals surface area contributed by atoms with Gasteiger partial charge in [0.1, 0.15) is 5.82 Å². The van der Waals surface area contributed by atoms with Crippen molar-refractivity contribution in [2.45, 2.75) is 26.3 Å². The fourth-order valence-corrected chi connectivity index (χ4v) is 2.14. The molecule has 1 N–H and O–H groups in total. The molecule has 2 rings (SSSR count). The number of rotatable bonds is 4. The minimum atomic E-state index is -0.310. The predicted octanol–water partition coefficient (Wildman–Crippen LogP) is 3.65. The lowest BCUT2D eigenvalue weighted by Gasteiger charge is -2.04. The molecule has 0 spiro atoms. The van der Waals surface area contributed by atoms with E-state index in [1.54, 1.807) is 18.3 Å². The third kappa shape index (κ3) is 2.46. The van der Waals surface area contributed by atoms with E-state index in [1.165, 1.54) is 16.7 Å². The first kappa shape index (κ1) is 12.8. The number of nitrogens with zero attached hydrogens (tertiary/aromatic N) is 2. The maximum atomic E-state index is 12.9. The van der Waals surface area contributed by atoms with Crippen LogP contribution in [0.3, 0.4) is 0 Å². The summed E-state index contributed by atoms with van der Waals surface area (Å²) in [5.41, 5.74) is 0.661. The molecular weight excluding hydrogens is 251 g/mol. The lowest BCUT2D eigenvalue weighted by Crippen LogP contribution is -1.99. The Hall–Kier alpha value is -1.62. The average Bonchev–Trinajstić information content (AvgIpc) is 2.63. The van der Waals surface area contributed by atoms with E-state index in [4.69, 9.17) is 12.2 Å². The van der Waals surface area contributed by atoms with Gasteiger partial charge in [0.05, 0.1) is 11.9 Å². The zero-order chi connectivity index (χ0) is 13.1. The van der Waals surface area contributed by atoms with Crippen LogP contribution in [0.1, 0.15) is 19.8 Å². The minimum Gasteiger partial charge on any atom is -0.493 e. The van der Waals surface area contributed by atoms with Gasteiger partial charge in [0.2, 0.25) is 5.88 Å². The molecule has 0 aliphatic carbocycles. The van der Waals surface area contributed by atoms with E-state index in [2.05, 4.69) is 6.92 Å². The number of benzene rings is 1. The van der Waals surface area contributed by atoms with Gasteiger partial charge in [-0.1, -0.05) is 13.3 Å². The fraction of sp³-hybridized carbons (Fsp3) is 0.308. The smallest absolute Gasteiger partial charge is 0.214 e. The van der Waals surface area contributed by atoms with Crippen molar-refractivity contribution in [1.29, 1.82) is 0 Å². The Kier molecular flexibility index (Phi) is 3.81. The molecule has 2 aromatic rings. The third-order valence-electron chi connectivity index (χ3n) is 2.77. The molecule has 1 aromatic heterocycles. The summed E-state index contributed by atoms with van der Waals surface area (Å²) in [5, 5.41) is 9.92. The van der Waals surface area contributed by atoms with E-state index >= 15 is 0 Å². The van der Waals surface area contributed by atoms with Crippen molar-refractivity contribution in [2.75, 3.05) is 0 Å². The van der Waals surface area contributed by atoms with Crippen molar-refractivity contribution in [3.8, 4) is 11.6 Å². The summed E-state index contributed by atoms with van der Waals surface area (Å²) in [5.74, 6) is -0.238. The lowest BCUT2D eigenvalue weighted by molar-refractivity contribution is 0.441. The van der Waals surface area contributed by atoms with Gasteiger partial charge in [-0.25, -0.2) is 4.39 Å². The first-order chi connectivity index (χ1) is 8.63. The highest BCUT2D eigenvalue weighted by Crippen LogP contribution is 2.20. The van der Waals surface area contributed by atoms with Crippen LogP contribution in [0.4, 0.5) is 4.39 Å². The van der Waals surface area contributed by atoms with Crippen molar-refractivity contribution >= 4 is 12.2 Å². The number of halogens is 1. The van der Waals surface area contributed by atoms with Gasteiger partial charge in [-0.05, 0) is 42.9 Å². The van der Waals surface area contributed by atoms with Crippen LogP contribution in [-0.4, -0.2) is 14.2 Å². The summed E-state index contributed by atoms with van der Waals surface area (Å²) in [6.45, 7) is 2.87. The molecule has 96 valence electrons. The highest BCUT2D eigenvalue weighted by atomic mass is 32.1.